The van der Waals surface area contributed by atoms with Gasteiger partial charge in [-0.15, -0.1) is 0 Å². The molecule has 0 spiro atoms. The van der Waals surface area contributed by atoms with Crippen LogP contribution in [0.3, 0.4) is 0 Å². The molecule has 0 radical (unpaired) electrons. The van der Waals surface area contributed by atoms with Crippen molar-refractivity contribution < 1.29 is 4.74 Å². The van der Waals surface area contributed by atoms with Crippen LogP contribution in [0.4, 0.5) is 0 Å². The summed E-state index contributed by atoms with van der Waals surface area (Å²) in [6, 6.07) is 0. The van der Waals surface area contributed by atoms with Gasteiger partial charge in [-0.05, 0) is 45.4 Å². The van der Waals surface area contributed by atoms with E-state index in [4.69, 9.17) is 4.74 Å². The normalized spacial score (nSPS) is 13.1. The smallest absolute Gasteiger partial charge is 0.0547 e. The van der Waals surface area contributed by atoms with Gasteiger partial charge in [0, 0.05) is 6.61 Å². The Kier molecular flexibility index (Phi) is 17.5. The third kappa shape index (κ3) is 17.6. The van der Waals surface area contributed by atoms with Crippen molar-refractivity contribution in [2.75, 3.05) is 6.61 Å². The van der Waals surface area contributed by atoms with Gasteiger partial charge in [-0.25, -0.2) is 0 Å². The van der Waals surface area contributed by atoms with Crippen LogP contribution in [-0.4, -0.2) is 12.7 Å². The van der Waals surface area contributed by atoms with E-state index in [0.29, 0.717) is 6.10 Å². The van der Waals surface area contributed by atoms with Crippen LogP contribution in [0.25, 0.3) is 0 Å². The fourth-order valence-electron chi connectivity index (χ4n) is 2.55. The van der Waals surface area contributed by atoms with E-state index < -0.39 is 0 Å². The molecule has 21 heavy (non-hydrogen) atoms. The minimum absolute atomic E-state index is 0.452. The molecule has 1 heteroatoms. The van der Waals surface area contributed by atoms with Gasteiger partial charge in [-0.1, -0.05) is 70.9 Å². The molecule has 0 aliphatic carbocycles. The van der Waals surface area contributed by atoms with Crippen LogP contribution >= 0.6 is 0 Å². The van der Waals surface area contributed by atoms with Gasteiger partial charge in [0.25, 0.3) is 0 Å². The van der Waals surface area contributed by atoms with Crippen LogP contribution in [0.2, 0.25) is 0 Å². The van der Waals surface area contributed by atoms with Gasteiger partial charge >= 0.3 is 0 Å². The second kappa shape index (κ2) is 17.8. The molecule has 0 amide bonds. The van der Waals surface area contributed by atoms with Crippen molar-refractivity contribution in [3.63, 3.8) is 0 Å². The highest BCUT2D eigenvalue weighted by atomic mass is 16.5. The van der Waals surface area contributed by atoms with E-state index in [-0.39, 0.29) is 0 Å². The number of unbranched alkanes of at least 4 members (excludes halogenated alkanes) is 9. The molecule has 0 aromatic rings. The molecule has 0 N–H and O–H groups in total. The molecule has 126 valence electrons. The zero-order valence-electron chi connectivity index (χ0n) is 15.0. The van der Waals surface area contributed by atoms with Crippen LogP contribution in [0.1, 0.15) is 104 Å². The molecule has 1 atom stereocenters. The Bertz CT molecular complexity index is 210. The lowest BCUT2D eigenvalue weighted by atomic mass is 10.1. The first-order valence-electron chi connectivity index (χ1n) is 9.57. The first kappa shape index (κ1) is 20.7. The molecule has 0 aromatic heterocycles. The Hall–Kier alpha value is -0.300. The predicted molar refractivity (Wildman–Crippen MR) is 95.9 cm³/mol. The molecule has 0 heterocycles. The van der Waals surface area contributed by atoms with Crippen molar-refractivity contribution in [2.45, 2.75) is 110 Å². The molecular formula is C20H40O. The average molecular weight is 297 g/mol. The number of rotatable bonds is 16. The second-order valence-corrected chi connectivity index (χ2v) is 6.35. The largest absolute Gasteiger partial charge is 0.379 e. The van der Waals surface area contributed by atoms with E-state index in [2.05, 4.69) is 32.9 Å². The lowest BCUT2D eigenvalue weighted by Crippen LogP contribution is -2.08. The van der Waals surface area contributed by atoms with E-state index in [9.17, 15) is 0 Å². The van der Waals surface area contributed by atoms with Crippen LogP contribution in [0.15, 0.2) is 12.2 Å². The first-order chi connectivity index (χ1) is 10.3. The number of hydrogen-bond acceptors (Lipinski definition) is 1. The summed E-state index contributed by atoms with van der Waals surface area (Å²) in [5, 5.41) is 0. The highest BCUT2D eigenvalue weighted by Crippen LogP contribution is 2.10. The molecular weight excluding hydrogens is 256 g/mol. The second-order valence-electron chi connectivity index (χ2n) is 6.35. The maximum atomic E-state index is 5.68. The first-order valence-corrected chi connectivity index (χ1v) is 9.57. The lowest BCUT2D eigenvalue weighted by molar-refractivity contribution is 0.0590. The van der Waals surface area contributed by atoms with Crippen molar-refractivity contribution >= 4 is 0 Å². The summed E-state index contributed by atoms with van der Waals surface area (Å²) in [6.07, 6.45) is 22.6. The van der Waals surface area contributed by atoms with Gasteiger partial charge in [0.1, 0.15) is 0 Å². The van der Waals surface area contributed by atoms with Crippen molar-refractivity contribution in [1.29, 1.82) is 0 Å². The van der Waals surface area contributed by atoms with Crippen molar-refractivity contribution in [3.8, 4) is 0 Å². The third-order valence-electron chi connectivity index (χ3n) is 3.98. The monoisotopic (exact) mass is 296 g/mol. The third-order valence-corrected chi connectivity index (χ3v) is 3.98. The maximum absolute atomic E-state index is 5.68. The van der Waals surface area contributed by atoms with Crippen molar-refractivity contribution in [2.24, 2.45) is 0 Å². The summed E-state index contributed by atoms with van der Waals surface area (Å²) < 4.78 is 5.68. The van der Waals surface area contributed by atoms with E-state index in [1.54, 1.807) is 0 Å². The molecule has 1 unspecified atom stereocenters. The van der Waals surface area contributed by atoms with E-state index in [1.165, 1.54) is 77.0 Å². The zero-order valence-corrected chi connectivity index (χ0v) is 15.0. The topological polar surface area (TPSA) is 9.23 Å². The van der Waals surface area contributed by atoms with Gasteiger partial charge in [0.15, 0.2) is 0 Å². The summed E-state index contributed by atoms with van der Waals surface area (Å²) in [5.41, 5.74) is 0. The minimum atomic E-state index is 0.452. The van der Waals surface area contributed by atoms with Gasteiger partial charge in [0.2, 0.25) is 0 Å². The fraction of sp³-hybridized carbons (Fsp3) is 0.900. The molecule has 0 saturated carbocycles. The van der Waals surface area contributed by atoms with E-state index >= 15 is 0 Å². The summed E-state index contributed by atoms with van der Waals surface area (Å²) in [7, 11) is 0. The maximum Gasteiger partial charge on any atom is 0.0547 e. The summed E-state index contributed by atoms with van der Waals surface area (Å²) in [6.45, 7) is 7.57. The average Bonchev–Trinajstić information content (AvgIpc) is 2.49. The Balaban J connectivity index is 3.15. The molecule has 0 rings (SSSR count). The van der Waals surface area contributed by atoms with Gasteiger partial charge in [0.05, 0.1) is 6.10 Å². The number of hydrogen-bond donors (Lipinski definition) is 0. The van der Waals surface area contributed by atoms with Crippen LogP contribution in [0.5, 0.6) is 0 Å². The van der Waals surface area contributed by atoms with Crippen LogP contribution in [0, 0.1) is 0 Å². The van der Waals surface area contributed by atoms with Crippen molar-refractivity contribution in [3.05, 3.63) is 12.2 Å². The van der Waals surface area contributed by atoms with Crippen LogP contribution in [-0.2, 0) is 4.74 Å². The predicted octanol–water partition coefficient (Wildman–Crippen LogP) is 7.06. The molecule has 0 saturated heterocycles. The highest BCUT2D eigenvalue weighted by Gasteiger charge is 2.00. The van der Waals surface area contributed by atoms with Crippen molar-refractivity contribution in [1.82, 2.24) is 0 Å². The van der Waals surface area contributed by atoms with Gasteiger partial charge in [-0.3, -0.25) is 0 Å². The molecule has 0 fully saturated rings. The standard InChI is InChI=1S/C20H40O/c1-4-6-7-8-9-10-11-12-13-14-15-16-17-18-20(3)21-19-5-2/h12-13,20H,4-11,14-19H2,1-3H3. The quantitative estimate of drug-likeness (QED) is 0.219. The Morgan fingerprint density at radius 3 is 1.90 bits per heavy atom. The Labute approximate surface area is 134 Å². The molecule has 1 nitrogen and oxygen atoms in total. The van der Waals surface area contributed by atoms with Crippen LogP contribution < -0.4 is 0 Å². The van der Waals surface area contributed by atoms with E-state index in [0.717, 1.165) is 13.0 Å². The molecule has 0 bridgehead atoms. The summed E-state index contributed by atoms with van der Waals surface area (Å²) >= 11 is 0. The summed E-state index contributed by atoms with van der Waals surface area (Å²) in [5.74, 6) is 0. The van der Waals surface area contributed by atoms with E-state index in [1.807, 2.05) is 0 Å². The zero-order chi connectivity index (χ0) is 15.6. The van der Waals surface area contributed by atoms with Gasteiger partial charge in [-0.2, -0.15) is 0 Å². The number of allylic oxidation sites excluding steroid dienone is 2. The SMILES string of the molecule is CCCCCCCCC=CCCCCCC(C)OCCC. The Morgan fingerprint density at radius 2 is 1.29 bits per heavy atom. The molecule has 0 aromatic carbocycles. The fourth-order valence-corrected chi connectivity index (χ4v) is 2.55. The molecule has 0 aliphatic rings. The highest BCUT2D eigenvalue weighted by molar-refractivity contribution is 4.81. The van der Waals surface area contributed by atoms with Gasteiger partial charge < -0.3 is 4.74 Å². The Morgan fingerprint density at radius 1 is 0.714 bits per heavy atom. The lowest BCUT2D eigenvalue weighted by Gasteiger charge is -2.11. The number of ether oxygens (including phenoxy) is 1. The minimum Gasteiger partial charge on any atom is -0.379 e. The molecule has 0 aliphatic heterocycles. The summed E-state index contributed by atoms with van der Waals surface area (Å²) in [4.78, 5) is 0.